The third-order valence-electron chi connectivity index (χ3n) is 3.70. The fourth-order valence-corrected chi connectivity index (χ4v) is 2.28. The molecule has 0 aliphatic rings. The fourth-order valence-electron chi connectivity index (χ4n) is 2.28. The van der Waals surface area contributed by atoms with Crippen molar-refractivity contribution in [3.05, 3.63) is 64.7 Å². The Labute approximate surface area is 143 Å². The van der Waals surface area contributed by atoms with Gasteiger partial charge >= 0.3 is 0 Å². The van der Waals surface area contributed by atoms with E-state index < -0.39 is 0 Å². The number of carbonyl (C=O) groups is 1. The summed E-state index contributed by atoms with van der Waals surface area (Å²) in [4.78, 5) is 11.8. The topological polar surface area (TPSA) is 50.7 Å². The van der Waals surface area contributed by atoms with Crippen LogP contribution in [0.3, 0.4) is 0 Å². The highest BCUT2D eigenvalue weighted by Gasteiger charge is 2.04. The highest BCUT2D eigenvalue weighted by Crippen LogP contribution is 2.18. The van der Waals surface area contributed by atoms with Crippen LogP contribution in [0.5, 0.6) is 5.75 Å². The molecular weight excluding hydrogens is 300 g/mol. The number of hydrogen-bond donors (Lipinski definition) is 1. The average Bonchev–Trinajstić information content (AvgIpc) is 2.54. The zero-order chi connectivity index (χ0) is 17.5. The van der Waals surface area contributed by atoms with E-state index in [9.17, 15) is 4.79 Å². The summed E-state index contributed by atoms with van der Waals surface area (Å²) < 4.78 is 5.51. The molecule has 0 radical (unpaired) electrons. The number of aryl methyl sites for hydroxylation is 2. The zero-order valence-corrected chi connectivity index (χ0v) is 14.7. The minimum Gasteiger partial charge on any atom is -0.483 e. The van der Waals surface area contributed by atoms with Crippen molar-refractivity contribution in [1.29, 1.82) is 0 Å². The van der Waals surface area contributed by atoms with Crippen LogP contribution in [0.2, 0.25) is 0 Å². The average molecular weight is 324 g/mol. The lowest BCUT2D eigenvalue weighted by molar-refractivity contribution is -0.123. The van der Waals surface area contributed by atoms with Crippen LogP contribution in [0.1, 0.15) is 42.0 Å². The standard InChI is InChI=1S/C20H24N2O2/c1-14(2)18-8-6-17(7-9-18)12-21-22-20(23)13-24-19-10-5-15(3)11-16(19)4/h5-12,14H,13H2,1-4H3,(H,22,23). The Bertz CT molecular complexity index is 719. The van der Waals surface area contributed by atoms with E-state index >= 15 is 0 Å². The predicted octanol–water partition coefficient (Wildman–Crippen LogP) is 3.96. The van der Waals surface area contributed by atoms with Gasteiger partial charge in [-0.05, 0) is 42.5 Å². The molecule has 4 heteroatoms. The van der Waals surface area contributed by atoms with Crippen molar-refractivity contribution < 1.29 is 9.53 Å². The monoisotopic (exact) mass is 324 g/mol. The van der Waals surface area contributed by atoms with E-state index in [0.29, 0.717) is 11.7 Å². The Morgan fingerprint density at radius 2 is 1.88 bits per heavy atom. The Morgan fingerprint density at radius 1 is 1.17 bits per heavy atom. The molecule has 2 aromatic rings. The van der Waals surface area contributed by atoms with Gasteiger partial charge in [0.05, 0.1) is 6.21 Å². The summed E-state index contributed by atoms with van der Waals surface area (Å²) in [6, 6.07) is 13.9. The molecule has 24 heavy (non-hydrogen) atoms. The molecule has 0 heterocycles. The van der Waals surface area contributed by atoms with Gasteiger partial charge in [0.2, 0.25) is 0 Å². The summed E-state index contributed by atoms with van der Waals surface area (Å²) in [5.74, 6) is 0.923. The zero-order valence-electron chi connectivity index (χ0n) is 14.7. The van der Waals surface area contributed by atoms with Crippen LogP contribution in [0.15, 0.2) is 47.6 Å². The molecule has 0 fully saturated rings. The lowest BCUT2D eigenvalue weighted by Gasteiger charge is -2.08. The second kappa shape index (κ2) is 8.29. The second-order valence-electron chi connectivity index (χ2n) is 6.17. The van der Waals surface area contributed by atoms with Gasteiger partial charge in [-0.1, -0.05) is 55.8 Å². The van der Waals surface area contributed by atoms with Gasteiger partial charge in [-0.25, -0.2) is 5.43 Å². The molecule has 0 aromatic heterocycles. The number of amides is 1. The van der Waals surface area contributed by atoms with Crippen LogP contribution in [-0.4, -0.2) is 18.7 Å². The smallest absolute Gasteiger partial charge is 0.277 e. The molecule has 1 amide bonds. The van der Waals surface area contributed by atoms with Gasteiger partial charge in [-0.3, -0.25) is 4.79 Å². The van der Waals surface area contributed by atoms with Crippen LogP contribution in [0.25, 0.3) is 0 Å². The van der Waals surface area contributed by atoms with E-state index in [-0.39, 0.29) is 12.5 Å². The number of nitrogens with one attached hydrogen (secondary N) is 1. The van der Waals surface area contributed by atoms with Gasteiger partial charge in [0.25, 0.3) is 5.91 Å². The van der Waals surface area contributed by atoms with Crippen molar-refractivity contribution >= 4 is 12.1 Å². The molecule has 2 aromatic carbocycles. The molecule has 0 aliphatic carbocycles. The quantitative estimate of drug-likeness (QED) is 0.646. The predicted molar refractivity (Wildman–Crippen MR) is 97.7 cm³/mol. The maximum atomic E-state index is 11.8. The van der Waals surface area contributed by atoms with Gasteiger partial charge in [-0.15, -0.1) is 0 Å². The third-order valence-corrected chi connectivity index (χ3v) is 3.70. The Morgan fingerprint density at radius 3 is 2.50 bits per heavy atom. The molecule has 0 spiro atoms. The van der Waals surface area contributed by atoms with Gasteiger partial charge in [-0.2, -0.15) is 5.10 Å². The first-order valence-corrected chi connectivity index (χ1v) is 8.07. The number of rotatable bonds is 6. The lowest BCUT2D eigenvalue weighted by Crippen LogP contribution is -2.24. The van der Waals surface area contributed by atoms with E-state index in [1.54, 1.807) is 6.21 Å². The number of ether oxygens (including phenoxy) is 1. The van der Waals surface area contributed by atoms with Gasteiger partial charge in [0, 0.05) is 0 Å². The van der Waals surface area contributed by atoms with Crippen molar-refractivity contribution in [2.24, 2.45) is 5.10 Å². The van der Waals surface area contributed by atoms with Crippen LogP contribution in [0.4, 0.5) is 0 Å². The van der Waals surface area contributed by atoms with E-state index in [2.05, 4.69) is 36.5 Å². The maximum absolute atomic E-state index is 11.8. The first-order chi connectivity index (χ1) is 11.5. The number of hydrazone groups is 1. The first kappa shape index (κ1) is 17.7. The molecular formula is C20H24N2O2. The molecule has 126 valence electrons. The van der Waals surface area contributed by atoms with E-state index in [1.165, 1.54) is 5.56 Å². The van der Waals surface area contributed by atoms with Crippen LogP contribution >= 0.6 is 0 Å². The molecule has 2 rings (SSSR count). The third kappa shape index (κ3) is 5.23. The molecule has 0 aliphatic heterocycles. The van der Waals surface area contributed by atoms with Crippen LogP contribution < -0.4 is 10.2 Å². The molecule has 4 nitrogen and oxygen atoms in total. The fraction of sp³-hybridized carbons (Fsp3) is 0.300. The van der Waals surface area contributed by atoms with E-state index in [4.69, 9.17) is 4.74 Å². The highest BCUT2D eigenvalue weighted by atomic mass is 16.5. The number of hydrogen-bond acceptors (Lipinski definition) is 3. The lowest BCUT2D eigenvalue weighted by atomic mass is 10.0. The SMILES string of the molecule is Cc1ccc(OCC(=O)NN=Cc2ccc(C(C)C)cc2)c(C)c1. The first-order valence-electron chi connectivity index (χ1n) is 8.07. The Hall–Kier alpha value is -2.62. The van der Waals surface area contributed by atoms with Crippen molar-refractivity contribution in [2.75, 3.05) is 6.61 Å². The summed E-state index contributed by atoms with van der Waals surface area (Å²) in [5, 5.41) is 3.96. The summed E-state index contributed by atoms with van der Waals surface area (Å²) in [5.41, 5.74) is 6.87. The maximum Gasteiger partial charge on any atom is 0.277 e. The summed E-state index contributed by atoms with van der Waals surface area (Å²) in [7, 11) is 0. The Balaban J connectivity index is 1.82. The second-order valence-corrected chi connectivity index (χ2v) is 6.17. The molecule has 0 unspecified atom stereocenters. The van der Waals surface area contributed by atoms with E-state index in [1.807, 2.05) is 44.2 Å². The van der Waals surface area contributed by atoms with E-state index in [0.717, 1.165) is 16.7 Å². The van der Waals surface area contributed by atoms with Gasteiger partial charge in [0.15, 0.2) is 6.61 Å². The molecule has 0 saturated heterocycles. The Kier molecular flexibility index (Phi) is 6.13. The van der Waals surface area contributed by atoms with Crippen LogP contribution in [-0.2, 0) is 4.79 Å². The highest BCUT2D eigenvalue weighted by molar-refractivity contribution is 5.82. The minimum absolute atomic E-state index is 0.0620. The minimum atomic E-state index is -0.287. The van der Waals surface area contributed by atoms with Crippen LogP contribution in [0, 0.1) is 13.8 Å². The number of nitrogens with zero attached hydrogens (tertiary/aromatic N) is 1. The van der Waals surface area contributed by atoms with Crippen molar-refractivity contribution in [3.63, 3.8) is 0 Å². The molecule has 1 N–H and O–H groups in total. The molecule has 0 bridgehead atoms. The molecule has 0 saturated carbocycles. The van der Waals surface area contributed by atoms with Crippen molar-refractivity contribution in [3.8, 4) is 5.75 Å². The normalized spacial score (nSPS) is 11.0. The summed E-state index contributed by atoms with van der Waals surface area (Å²) >= 11 is 0. The summed E-state index contributed by atoms with van der Waals surface area (Å²) in [6.07, 6.45) is 1.62. The van der Waals surface area contributed by atoms with Gasteiger partial charge < -0.3 is 4.74 Å². The largest absolute Gasteiger partial charge is 0.483 e. The van der Waals surface area contributed by atoms with Gasteiger partial charge in [0.1, 0.15) is 5.75 Å². The number of carbonyl (C=O) groups excluding carboxylic acids is 1. The molecule has 0 atom stereocenters. The number of benzene rings is 2. The van der Waals surface area contributed by atoms with Crippen molar-refractivity contribution in [2.45, 2.75) is 33.6 Å². The summed E-state index contributed by atoms with van der Waals surface area (Å²) in [6.45, 7) is 8.22. The van der Waals surface area contributed by atoms with Crippen molar-refractivity contribution in [1.82, 2.24) is 5.43 Å².